The van der Waals surface area contributed by atoms with E-state index in [1.165, 1.54) is 0 Å². The van der Waals surface area contributed by atoms with E-state index in [0.717, 1.165) is 15.6 Å². The molecule has 0 aliphatic carbocycles. The number of anilines is 1. The number of methoxy groups -OCH3 is 1. The molecule has 2 N–H and O–H groups in total. The molecule has 0 bridgehead atoms. The maximum Gasteiger partial charge on any atom is 0.167 e. The first-order valence-corrected chi connectivity index (χ1v) is 10.5. The summed E-state index contributed by atoms with van der Waals surface area (Å²) >= 11 is 21.5. The van der Waals surface area contributed by atoms with Crippen LogP contribution in [-0.4, -0.2) is 12.2 Å². The Morgan fingerprint density at radius 3 is 2.28 bits per heavy atom. The van der Waals surface area contributed by atoms with Crippen LogP contribution in [-0.2, 0) is 13.2 Å². The van der Waals surface area contributed by atoms with Crippen LogP contribution in [0.1, 0.15) is 11.1 Å². The quantitative estimate of drug-likeness (QED) is 0.323. The molecule has 152 valence electrons. The molecule has 0 radical (unpaired) electrons. The highest BCUT2D eigenvalue weighted by Crippen LogP contribution is 2.38. The minimum absolute atomic E-state index is 0.145. The van der Waals surface area contributed by atoms with Crippen LogP contribution in [0.2, 0.25) is 15.1 Å². The number of rotatable bonds is 7. The lowest BCUT2D eigenvalue weighted by atomic mass is 10.1. The molecule has 3 rings (SSSR count). The lowest BCUT2D eigenvalue weighted by Gasteiger charge is -2.18. The maximum absolute atomic E-state index is 9.72. The fraction of sp³-hybridized carbons (Fsp3) is 0.143. The lowest BCUT2D eigenvalue weighted by molar-refractivity contribution is 0.281. The highest BCUT2D eigenvalue weighted by molar-refractivity contribution is 9.10. The van der Waals surface area contributed by atoms with Crippen molar-refractivity contribution in [3.8, 4) is 17.2 Å². The molecule has 3 aromatic rings. The number of ether oxygens (including phenoxy) is 2. The van der Waals surface area contributed by atoms with Crippen LogP contribution in [0.15, 0.2) is 53.0 Å². The fourth-order valence-corrected chi connectivity index (χ4v) is 3.73. The van der Waals surface area contributed by atoms with Gasteiger partial charge in [-0.3, -0.25) is 0 Å². The summed E-state index contributed by atoms with van der Waals surface area (Å²) in [5, 5.41) is 14.0. The summed E-state index contributed by atoms with van der Waals surface area (Å²) in [6.07, 6.45) is 0. The zero-order chi connectivity index (χ0) is 21.0. The minimum atomic E-state index is -0.145. The molecule has 0 saturated carbocycles. The number of phenols is 1. The third-order valence-corrected chi connectivity index (χ3v) is 5.74. The third kappa shape index (κ3) is 5.43. The van der Waals surface area contributed by atoms with E-state index in [1.54, 1.807) is 19.2 Å². The zero-order valence-corrected chi connectivity index (χ0v) is 19.2. The Hall–Kier alpha value is -1.79. The van der Waals surface area contributed by atoms with Gasteiger partial charge in [-0.05, 0) is 42.0 Å². The molecule has 0 heterocycles. The van der Waals surface area contributed by atoms with Gasteiger partial charge in [-0.1, -0.05) is 62.9 Å². The van der Waals surface area contributed by atoms with Crippen molar-refractivity contribution in [3.63, 3.8) is 0 Å². The van der Waals surface area contributed by atoms with E-state index in [1.807, 2.05) is 36.4 Å². The largest absolute Gasteiger partial charge is 0.505 e. The van der Waals surface area contributed by atoms with Crippen molar-refractivity contribution < 1.29 is 14.6 Å². The van der Waals surface area contributed by atoms with Gasteiger partial charge in [0.15, 0.2) is 17.2 Å². The Morgan fingerprint density at radius 2 is 1.66 bits per heavy atom. The first kappa shape index (κ1) is 21.9. The van der Waals surface area contributed by atoms with Crippen molar-refractivity contribution in [1.82, 2.24) is 0 Å². The lowest BCUT2D eigenvalue weighted by Crippen LogP contribution is -2.06. The highest BCUT2D eigenvalue weighted by atomic mass is 79.9. The Labute approximate surface area is 192 Å². The minimum Gasteiger partial charge on any atom is -0.505 e. The molecule has 0 aromatic heterocycles. The van der Waals surface area contributed by atoms with Gasteiger partial charge in [-0.25, -0.2) is 0 Å². The first-order valence-electron chi connectivity index (χ1n) is 8.53. The van der Waals surface area contributed by atoms with E-state index in [9.17, 15) is 5.11 Å². The van der Waals surface area contributed by atoms with Gasteiger partial charge in [0.1, 0.15) is 6.61 Å². The van der Waals surface area contributed by atoms with E-state index >= 15 is 0 Å². The van der Waals surface area contributed by atoms with Gasteiger partial charge in [-0.2, -0.15) is 0 Å². The van der Waals surface area contributed by atoms with E-state index < -0.39 is 0 Å². The van der Waals surface area contributed by atoms with Crippen LogP contribution in [0.25, 0.3) is 0 Å². The first-order chi connectivity index (χ1) is 13.9. The molecule has 0 saturated heterocycles. The molecular formula is C21H17BrCl3NO3. The Kier molecular flexibility index (Phi) is 7.41. The molecule has 0 amide bonds. The standard InChI is InChI=1S/C21H17BrCl3NO3/c1-28-19-7-6-16(22)15(10-26-14-8-17(24)20(27)18(25)9-14)21(19)29-11-12-2-4-13(23)5-3-12/h2-9,26-27H,10-11H2,1H3. The van der Waals surface area contributed by atoms with Gasteiger partial charge < -0.3 is 19.9 Å². The molecule has 0 aliphatic heterocycles. The molecule has 0 atom stereocenters. The second-order valence-electron chi connectivity index (χ2n) is 6.11. The van der Waals surface area contributed by atoms with E-state index in [-0.39, 0.29) is 15.8 Å². The number of halogens is 4. The molecule has 4 nitrogen and oxygen atoms in total. The SMILES string of the molecule is COc1ccc(Br)c(CNc2cc(Cl)c(O)c(Cl)c2)c1OCc1ccc(Cl)cc1. The number of benzene rings is 3. The van der Waals surface area contributed by atoms with Gasteiger partial charge >= 0.3 is 0 Å². The predicted octanol–water partition coefficient (Wildman–Crippen LogP) is 7.31. The summed E-state index contributed by atoms with van der Waals surface area (Å²) in [6, 6.07) is 14.4. The van der Waals surface area contributed by atoms with Crippen molar-refractivity contribution >= 4 is 56.4 Å². The van der Waals surface area contributed by atoms with Crippen molar-refractivity contribution in [2.24, 2.45) is 0 Å². The predicted molar refractivity (Wildman–Crippen MR) is 122 cm³/mol. The van der Waals surface area contributed by atoms with Crippen molar-refractivity contribution in [2.45, 2.75) is 13.2 Å². The van der Waals surface area contributed by atoms with Gasteiger partial charge in [0.2, 0.25) is 0 Å². The van der Waals surface area contributed by atoms with Crippen molar-refractivity contribution in [1.29, 1.82) is 0 Å². The number of aromatic hydroxyl groups is 1. The summed E-state index contributed by atoms with van der Waals surface area (Å²) in [7, 11) is 1.59. The second kappa shape index (κ2) is 9.81. The molecule has 8 heteroatoms. The highest BCUT2D eigenvalue weighted by Gasteiger charge is 2.16. The number of nitrogens with one attached hydrogen (secondary N) is 1. The van der Waals surface area contributed by atoms with Crippen LogP contribution in [0.4, 0.5) is 5.69 Å². The summed E-state index contributed by atoms with van der Waals surface area (Å²) in [5.41, 5.74) is 2.50. The van der Waals surface area contributed by atoms with Crippen LogP contribution >= 0.6 is 50.7 Å². The molecule has 0 unspecified atom stereocenters. The average Bonchev–Trinajstić information content (AvgIpc) is 2.70. The van der Waals surface area contributed by atoms with Crippen LogP contribution in [0.5, 0.6) is 17.2 Å². The second-order valence-corrected chi connectivity index (χ2v) is 8.22. The van der Waals surface area contributed by atoms with Gasteiger partial charge in [0, 0.05) is 27.3 Å². The smallest absolute Gasteiger partial charge is 0.167 e. The van der Waals surface area contributed by atoms with Crippen molar-refractivity contribution in [2.75, 3.05) is 12.4 Å². The molecule has 0 spiro atoms. The number of hydrogen-bond donors (Lipinski definition) is 2. The summed E-state index contributed by atoms with van der Waals surface area (Å²) in [5.74, 6) is 1.08. The number of hydrogen-bond acceptors (Lipinski definition) is 4. The monoisotopic (exact) mass is 515 g/mol. The van der Waals surface area contributed by atoms with E-state index in [2.05, 4.69) is 21.2 Å². The summed E-state index contributed by atoms with van der Waals surface area (Å²) < 4.78 is 12.4. The Morgan fingerprint density at radius 1 is 1.00 bits per heavy atom. The van der Waals surface area contributed by atoms with Gasteiger partial charge in [0.05, 0.1) is 17.2 Å². The van der Waals surface area contributed by atoms with Crippen LogP contribution < -0.4 is 14.8 Å². The summed E-state index contributed by atoms with van der Waals surface area (Å²) in [4.78, 5) is 0. The fourth-order valence-electron chi connectivity index (χ4n) is 2.66. The van der Waals surface area contributed by atoms with Gasteiger partial charge in [-0.15, -0.1) is 0 Å². The average molecular weight is 518 g/mol. The molecule has 3 aromatic carbocycles. The zero-order valence-electron chi connectivity index (χ0n) is 15.3. The third-order valence-electron chi connectivity index (χ3n) is 4.17. The Bertz CT molecular complexity index is 990. The van der Waals surface area contributed by atoms with Gasteiger partial charge in [0.25, 0.3) is 0 Å². The maximum atomic E-state index is 9.72. The molecule has 0 fully saturated rings. The number of phenolic OH excluding ortho intramolecular Hbond substituents is 1. The summed E-state index contributed by atoms with van der Waals surface area (Å²) in [6.45, 7) is 0.763. The molecule has 0 aliphatic rings. The molecular weight excluding hydrogens is 500 g/mol. The topological polar surface area (TPSA) is 50.7 Å². The van der Waals surface area contributed by atoms with E-state index in [4.69, 9.17) is 44.3 Å². The normalized spacial score (nSPS) is 10.7. The van der Waals surface area contributed by atoms with E-state index in [0.29, 0.717) is 35.4 Å². The van der Waals surface area contributed by atoms with Crippen LogP contribution in [0.3, 0.4) is 0 Å². The van der Waals surface area contributed by atoms with Crippen molar-refractivity contribution in [3.05, 3.63) is 79.2 Å². The van der Waals surface area contributed by atoms with Crippen LogP contribution in [0, 0.1) is 0 Å². The molecule has 29 heavy (non-hydrogen) atoms. The Balaban J connectivity index is 1.84.